The van der Waals surface area contributed by atoms with Crippen LogP contribution < -0.4 is 16.1 Å². The van der Waals surface area contributed by atoms with Crippen molar-refractivity contribution in [3.8, 4) is 0 Å². The number of imide groups is 1. The van der Waals surface area contributed by atoms with E-state index in [0.717, 1.165) is 51.9 Å². The van der Waals surface area contributed by atoms with Crippen LogP contribution in [0.2, 0.25) is 0 Å². The van der Waals surface area contributed by atoms with E-state index in [2.05, 4.69) is 79.3 Å². The Morgan fingerprint density at radius 1 is 0.553 bits per heavy atom. The number of allylic oxidation sites excluding steroid dienone is 13. The lowest BCUT2D eigenvalue weighted by Gasteiger charge is -2.31. The first-order valence-corrected chi connectivity index (χ1v) is 29.2. The third-order valence-corrected chi connectivity index (χ3v) is 14.2. The number of Topliss-reactive ketones (excluding diaryl/α,β-unsaturated/α-hetero) is 6. The van der Waals surface area contributed by atoms with Gasteiger partial charge >= 0.3 is 0 Å². The molecule has 0 spiro atoms. The van der Waals surface area contributed by atoms with E-state index in [9.17, 15) is 43.2 Å². The van der Waals surface area contributed by atoms with Crippen molar-refractivity contribution in [2.24, 2.45) is 58.9 Å². The summed E-state index contributed by atoms with van der Waals surface area (Å²) in [6.45, 7) is 47.0. The highest BCUT2D eigenvalue weighted by Crippen LogP contribution is 2.38. The fourth-order valence-corrected chi connectivity index (χ4v) is 9.54. The van der Waals surface area contributed by atoms with E-state index < -0.39 is 0 Å². The predicted molar refractivity (Wildman–Crippen MR) is 347 cm³/mol. The molecule has 0 radical (unpaired) electrons. The van der Waals surface area contributed by atoms with E-state index in [-0.39, 0.29) is 110 Å². The van der Waals surface area contributed by atoms with Crippen LogP contribution in [0.5, 0.6) is 0 Å². The number of piperidine rings is 1. The lowest BCUT2D eigenvalue weighted by atomic mass is 9.74. The highest BCUT2D eigenvalue weighted by atomic mass is 16.2. The molecule has 1 fully saturated rings. The van der Waals surface area contributed by atoms with Gasteiger partial charge in [0, 0.05) is 102 Å². The summed E-state index contributed by atoms with van der Waals surface area (Å²) in [5.41, 5.74) is 10.1. The SMILES string of the molecule is C.C=C1C=CNC=C1C(C)(C)C.CC(C)(C)C1=CC2=C(CCCC2=O)CC1=O.CC(C)(C)C1=CC=CCC1=O.CC(C)(C)C1=CC=NCC1=O.CC(C)(C)C1=CN=CCC1=O.CC(C)(C)C1=NNC(=O)CC1=O.CC(C)(C)C1CCC(=O)NC1=O. The monoisotopic (exact) mass is 1170 g/mol. The molecule has 8 aliphatic rings. The van der Waals surface area contributed by atoms with E-state index >= 15 is 0 Å². The zero-order valence-electron chi connectivity index (χ0n) is 54.7. The van der Waals surface area contributed by atoms with Gasteiger partial charge in [-0.15, -0.1) is 0 Å². The number of nitrogens with zero attached hydrogens (tertiary/aromatic N) is 3. The molecule has 0 bridgehead atoms. The van der Waals surface area contributed by atoms with Crippen LogP contribution in [-0.2, 0) is 43.2 Å². The zero-order chi connectivity index (χ0) is 64.6. The summed E-state index contributed by atoms with van der Waals surface area (Å²) < 4.78 is 0. The molecule has 1 unspecified atom stereocenters. The molecule has 0 aromatic carbocycles. The summed E-state index contributed by atoms with van der Waals surface area (Å²) in [7, 11) is 0. The quantitative estimate of drug-likeness (QED) is 0.154. The first-order valence-electron chi connectivity index (χ1n) is 29.2. The van der Waals surface area contributed by atoms with Gasteiger partial charge in [0.15, 0.2) is 34.7 Å². The van der Waals surface area contributed by atoms with Crippen LogP contribution in [0.25, 0.3) is 0 Å². The molecular weight excluding hydrogens is 1070 g/mol. The fourth-order valence-electron chi connectivity index (χ4n) is 9.54. The second kappa shape index (κ2) is 31.5. The molecule has 15 heteroatoms. The van der Waals surface area contributed by atoms with Gasteiger partial charge in [-0.2, -0.15) is 5.10 Å². The zero-order valence-corrected chi connectivity index (χ0v) is 54.7. The number of dihydropyridines is 2. The molecule has 3 amide bonds. The molecule has 5 heterocycles. The Balaban J connectivity index is 0.000000497. The van der Waals surface area contributed by atoms with Gasteiger partial charge in [0.1, 0.15) is 12.3 Å². The highest BCUT2D eigenvalue weighted by Gasteiger charge is 2.36. The smallest absolute Gasteiger partial charge is 0.247 e. The maximum absolute atomic E-state index is 12.0. The van der Waals surface area contributed by atoms with E-state index in [1.54, 1.807) is 18.6 Å². The summed E-state index contributed by atoms with van der Waals surface area (Å²) in [6, 6.07) is 0. The number of hydrogen-bond donors (Lipinski definition) is 3. The molecule has 3 N–H and O–H groups in total. The summed E-state index contributed by atoms with van der Waals surface area (Å²) in [5, 5.41) is 9.16. The Hall–Kier alpha value is -6.90. The minimum atomic E-state index is -0.326. The van der Waals surface area contributed by atoms with Crippen molar-refractivity contribution in [3.63, 3.8) is 0 Å². The van der Waals surface area contributed by atoms with Crippen molar-refractivity contribution in [3.05, 3.63) is 106 Å². The van der Waals surface area contributed by atoms with Crippen LogP contribution in [0.1, 0.15) is 211 Å². The van der Waals surface area contributed by atoms with Gasteiger partial charge in [0.05, 0.1) is 6.42 Å². The number of ketones is 6. The van der Waals surface area contributed by atoms with Gasteiger partial charge in [-0.1, -0.05) is 183 Å². The summed E-state index contributed by atoms with van der Waals surface area (Å²) in [4.78, 5) is 110. The topological polar surface area (TPSA) is 227 Å². The van der Waals surface area contributed by atoms with Gasteiger partial charge in [-0.25, -0.2) is 5.43 Å². The van der Waals surface area contributed by atoms with Gasteiger partial charge < -0.3 is 5.32 Å². The first kappa shape index (κ1) is 76.1. The van der Waals surface area contributed by atoms with Gasteiger partial charge in [-0.3, -0.25) is 58.5 Å². The summed E-state index contributed by atoms with van der Waals surface area (Å²) in [6.07, 6.45) is 25.4. The van der Waals surface area contributed by atoms with Crippen LogP contribution in [0.15, 0.2) is 121 Å². The standard InChI is InChI=1S/C14H18O2.C10H15N.C10H14O.C9H15NO2.2C9H13NO.C8H12N2O2.CH4/c1-14(2,3)11-8-10-9(7-13(11)16)5-4-6-12(10)15;1-8-5-6-11-7-9(8)10(2,3)4;1-10(2,3)8-6-4-5-7-9(8)11;1-9(2,3)6-4-5-7(11)10-8(6)12;1-9(2,3)7-6-10-5-4-8(7)11;1-9(2,3)7-4-5-10-6-8(7)11;1-8(2,3)7-5(11)4-6(12)9-10-7;/h8H,4-7H2,1-3H3;5-7,11H,1H2,2-4H3;4-6H,7H2,1-3H3;6H,4-5H2,1-3H3,(H,10,11,12);5-6H,4H2,1-3H3;4-5H,6H2,1-3H3;4H2,1-3H3,(H,9,12);1H4. The van der Waals surface area contributed by atoms with E-state index in [1.807, 2.05) is 153 Å². The number of aliphatic imine (C=N–C) groups is 2. The Kier molecular flexibility index (Phi) is 28.2. The second-order valence-corrected chi connectivity index (χ2v) is 29.1. The molecule has 0 aromatic heterocycles. The second-order valence-electron chi connectivity index (χ2n) is 29.1. The number of hydrazone groups is 1. The van der Waals surface area contributed by atoms with Crippen molar-refractivity contribution in [2.45, 2.75) is 211 Å². The number of rotatable bonds is 0. The molecule has 1 atom stereocenters. The molecule has 15 nitrogen and oxygen atoms in total. The molecule has 0 aromatic rings. The minimum Gasteiger partial charge on any atom is -0.367 e. The van der Waals surface area contributed by atoms with E-state index in [4.69, 9.17) is 0 Å². The molecule has 468 valence electrons. The van der Waals surface area contributed by atoms with Crippen LogP contribution in [0.4, 0.5) is 0 Å². The largest absolute Gasteiger partial charge is 0.367 e. The minimum absolute atomic E-state index is 0. The van der Waals surface area contributed by atoms with Crippen molar-refractivity contribution in [2.75, 3.05) is 6.54 Å². The predicted octanol–water partition coefficient (Wildman–Crippen LogP) is 13.8. The molecule has 5 aliphatic heterocycles. The van der Waals surface area contributed by atoms with Crippen molar-refractivity contribution in [1.82, 2.24) is 16.1 Å². The van der Waals surface area contributed by atoms with Crippen LogP contribution in [0.3, 0.4) is 0 Å². The lowest BCUT2D eigenvalue weighted by molar-refractivity contribution is -0.139. The summed E-state index contributed by atoms with van der Waals surface area (Å²) >= 11 is 0. The Morgan fingerprint density at radius 3 is 1.53 bits per heavy atom. The maximum atomic E-state index is 12.0. The first-order chi connectivity index (χ1) is 38.3. The lowest BCUT2D eigenvalue weighted by Crippen LogP contribution is -2.45. The van der Waals surface area contributed by atoms with Crippen LogP contribution in [-0.4, -0.2) is 77.1 Å². The summed E-state index contributed by atoms with van der Waals surface area (Å²) in [5.74, 6) is 0.262. The van der Waals surface area contributed by atoms with Crippen LogP contribution in [0, 0.1) is 43.8 Å². The molecule has 1 saturated heterocycles. The molecule has 3 aliphatic carbocycles. The normalized spacial score (nSPS) is 19.8. The molecular formula is C70H104N6O9. The van der Waals surface area contributed by atoms with Crippen molar-refractivity contribution >= 4 is 70.6 Å². The average molecular weight is 1170 g/mol. The number of carbonyl (C=O) groups is 9. The number of hydrogen-bond acceptors (Lipinski definition) is 13. The molecule has 85 heavy (non-hydrogen) atoms. The van der Waals surface area contributed by atoms with Gasteiger partial charge in [0.2, 0.25) is 17.7 Å². The fraction of sp³-hybridized carbons (Fsp3) is 0.571. The molecule has 8 rings (SSSR count). The molecule has 0 saturated carbocycles. The average Bonchev–Trinajstić information content (AvgIpc) is 3.28. The van der Waals surface area contributed by atoms with Gasteiger partial charge in [-0.05, 0) is 81.1 Å². The number of nitrogens with one attached hydrogen (secondary N) is 3. The van der Waals surface area contributed by atoms with Crippen LogP contribution >= 0.6 is 0 Å². The third-order valence-electron chi connectivity index (χ3n) is 14.2. The Morgan fingerprint density at radius 2 is 1.11 bits per heavy atom. The number of carbonyl (C=O) groups excluding carboxylic acids is 9. The van der Waals surface area contributed by atoms with E-state index in [0.29, 0.717) is 50.8 Å². The van der Waals surface area contributed by atoms with E-state index in [1.165, 1.54) is 5.57 Å². The number of amides is 3. The maximum Gasteiger partial charge on any atom is 0.247 e. The van der Waals surface area contributed by atoms with Gasteiger partial charge in [0.25, 0.3) is 0 Å². The highest BCUT2D eigenvalue weighted by molar-refractivity contribution is 6.45. The third kappa shape index (κ3) is 25.3. The van der Waals surface area contributed by atoms with Crippen molar-refractivity contribution in [1.29, 1.82) is 0 Å². The van der Waals surface area contributed by atoms with Crippen molar-refractivity contribution < 1.29 is 43.2 Å². The Bertz CT molecular complexity index is 2780. The Labute approximate surface area is 509 Å².